The first-order chi connectivity index (χ1) is 5.81. The second-order valence-electron chi connectivity index (χ2n) is 2.97. The molecule has 0 heterocycles. The number of Topliss-reactive ketones (excluding diaryl/α,β-unsaturated/α-hetero) is 1. The Morgan fingerprint density at radius 2 is 2.00 bits per heavy atom. The summed E-state index contributed by atoms with van der Waals surface area (Å²) in [7, 11) is 0. The highest BCUT2D eigenvalue weighted by atomic mass is 16.1. The number of hydrogen-bond acceptors (Lipinski definition) is 2. The summed E-state index contributed by atoms with van der Waals surface area (Å²) in [6.45, 7) is 4.13. The fourth-order valence-corrected chi connectivity index (χ4v) is 1.07. The smallest absolute Gasteiger partial charge is 0.134 e. The van der Waals surface area contributed by atoms with Crippen molar-refractivity contribution < 1.29 is 4.79 Å². The molecule has 0 unspecified atom stereocenters. The van der Waals surface area contributed by atoms with E-state index in [0.29, 0.717) is 25.2 Å². The summed E-state index contributed by atoms with van der Waals surface area (Å²) in [5.41, 5.74) is 5.25. The first-order valence-corrected chi connectivity index (χ1v) is 4.64. The lowest BCUT2D eigenvalue weighted by Crippen LogP contribution is -2.07. The number of rotatable bonds is 8. The molecule has 70 valence electrons. The summed E-state index contributed by atoms with van der Waals surface area (Å²) in [5, 5.41) is 0. The van der Waals surface area contributed by atoms with Crippen molar-refractivity contribution in [2.45, 2.75) is 38.5 Å². The Hall–Kier alpha value is -0.630. The minimum atomic E-state index is 0.302. The zero-order valence-electron chi connectivity index (χ0n) is 7.72. The molecule has 0 saturated carbocycles. The van der Waals surface area contributed by atoms with E-state index in [4.69, 9.17) is 5.73 Å². The van der Waals surface area contributed by atoms with Crippen LogP contribution in [0.1, 0.15) is 38.5 Å². The van der Waals surface area contributed by atoms with E-state index in [2.05, 4.69) is 6.58 Å². The SMILES string of the molecule is C=CCCCCCC(=O)CCN. The van der Waals surface area contributed by atoms with E-state index in [1.165, 1.54) is 0 Å². The molecule has 0 aliphatic carbocycles. The molecule has 0 amide bonds. The summed E-state index contributed by atoms with van der Waals surface area (Å²) in [4.78, 5) is 11.0. The fraction of sp³-hybridized carbons (Fsp3) is 0.700. The van der Waals surface area contributed by atoms with Crippen LogP contribution in [0.3, 0.4) is 0 Å². The van der Waals surface area contributed by atoms with Crippen LogP contribution < -0.4 is 5.73 Å². The molecular weight excluding hydrogens is 150 g/mol. The van der Waals surface area contributed by atoms with Crippen LogP contribution in [0, 0.1) is 0 Å². The molecule has 2 heteroatoms. The number of allylic oxidation sites excluding steroid dienone is 1. The molecule has 0 aromatic carbocycles. The maximum atomic E-state index is 11.0. The van der Waals surface area contributed by atoms with Gasteiger partial charge in [-0.25, -0.2) is 0 Å². The van der Waals surface area contributed by atoms with Gasteiger partial charge in [0, 0.05) is 12.8 Å². The Kier molecular flexibility index (Phi) is 8.02. The van der Waals surface area contributed by atoms with Crippen molar-refractivity contribution in [3.8, 4) is 0 Å². The number of carbonyl (C=O) groups excluding carboxylic acids is 1. The lowest BCUT2D eigenvalue weighted by molar-refractivity contribution is -0.119. The van der Waals surface area contributed by atoms with Gasteiger partial charge in [-0.1, -0.05) is 12.5 Å². The van der Waals surface area contributed by atoms with Gasteiger partial charge in [-0.15, -0.1) is 6.58 Å². The molecule has 12 heavy (non-hydrogen) atoms. The second kappa shape index (κ2) is 8.47. The van der Waals surface area contributed by atoms with Crippen LogP contribution in [0.5, 0.6) is 0 Å². The highest BCUT2D eigenvalue weighted by Crippen LogP contribution is 2.04. The lowest BCUT2D eigenvalue weighted by Gasteiger charge is -1.98. The Morgan fingerprint density at radius 1 is 1.25 bits per heavy atom. The van der Waals surface area contributed by atoms with E-state index in [1.54, 1.807) is 0 Å². The minimum Gasteiger partial charge on any atom is -0.330 e. The van der Waals surface area contributed by atoms with Crippen molar-refractivity contribution in [1.29, 1.82) is 0 Å². The number of hydrogen-bond donors (Lipinski definition) is 1. The Labute approximate surface area is 74.8 Å². The van der Waals surface area contributed by atoms with Crippen LogP contribution in [0.4, 0.5) is 0 Å². The molecule has 0 bridgehead atoms. The molecule has 2 nitrogen and oxygen atoms in total. The van der Waals surface area contributed by atoms with Gasteiger partial charge in [0.1, 0.15) is 5.78 Å². The third-order valence-electron chi connectivity index (χ3n) is 1.79. The third-order valence-corrected chi connectivity index (χ3v) is 1.79. The average Bonchev–Trinajstić information content (AvgIpc) is 2.05. The van der Waals surface area contributed by atoms with Crippen molar-refractivity contribution in [2.75, 3.05) is 6.54 Å². The molecule has 0 rings (SSSR count). The van der Waals surface area contributed by atoms with Crippen LogP contribution in [0.25, 0.3) is 0 Å². The normalized spacial score (nSPS) is 9.75. The summed E-state index contributed by atoms with van der Waals surface area (Å²) < 4.78 is 0. The largest absolute Gasteiger partial charge is 0.330 e. The molecule has 0 radical (unpaired) electrons. The predicted octanol–water partition coefficient (Wildman–Crippen LogP) is 2.04. The van der Waals surface area contributed by atoms with Crippen LogP contribution in [0.2, 0.25) is 0 Å². The number of carbonyl (C=O) groups is 1. The van der Waals surface area contributed by atoms with Gasteiger partial charge >= 0.3 is 0 Å². The second-order valence-corrected chi connectivity index (χ2v) is 2.97. The van der Waals surface area contributed by atoms with E-state index in [9.17, 15) is 4.79 Å². The van der Waals surface area contributed by atoms with Crippen molar-refractivity contribution in [2.24, 2.45) is 5.73 Å². The van der Waals surface area contributed by atoms with Gasteiger partial charge in [-0.2, -0.15) is 0 Å². The minimum absolute atomic E-state index is 0.302. The van der Waals surface area contributed by atoms with Gasteiger partial charge in [0.2, 0.25) is 0 Å². The highest BCUT2D eigenvalue weighted by Gasteiger charge is 1.98. The maximum Gasteiger partial charge on any atom is 0.134 e. The number of unbranched alkanes of at least 4 members (excludes halogenated alkanes) is 3. The van der Waals surface area contributed by atoms with Crippen molar-refractivity contribution >= 4 is 5.78 Å². The number of nitrogens with two attached hydrogens (primary N) is 1. The van der Waals surface area contributed by atoms with Crippen LogP contribution in [-0.2, 0) is 4.79 Å². The lowest BCUT2D eigenvalue weighted by atomic mass is 10.1. The molecule has 0 aromatic heterocycles. The molecule has 2 N–H and O–H groups in total. The van der Waals surface area contributed by atoms with Crippen molar-refractivity contribution in [1.82, 2.24) is 0 Å². The summed E-state index contributed by atoms with van der Waals surface area (Å²) in [6, 6.07) is 0. The average molecular weight is 169 g/mol. The molecule has 0 aromatic rings. The Morgan fingerprint density at radius 3 is 2.58 bits per heavy atom. The molecule has 0 saturated heterocycles. The van der Waals surface area contributed by atoms with E-state index in [-0.39, 0.29) is 0 Å². The predicted molar refractivity (Wildman–Crippen MR) is 52.0 cm³/mol. The van der Waals surface area contributed by atoms with E-state index in [0.717, 1.165) is 25.7 Å². The van der Waals surface area contributed by atoms with E-state index in [1.807, 2.05) is 6.08 Å². The van der Waals surface area contributed by atoms with Crippen molar-refractivity contribution in [3.63, 3.8) is 0 Å². The van der Waals surface area contributed by atoms with Gasteiger partial charge in [0.25, 0.3) is 0 Å². The van der Waals surface area contributed by atoms with Gasteiger partial charge < -0.3 is 5.73 Å². The summed E-state index contributed by atoms with van der Waals surface area (Å²) >= 11 is 0. The highest BCUT2D eigenvalue weighted by molar-refractivity contribution is 5.78. The maximum absolute atomic E-state index is 11.0. The van der Waals surface area contributed by atoms with E-state index < -0.39 is 0 Å². The van der Waals surface area contributed by atoms with Gasteiger partial charge in [-0.3, -0.25) is 4.79 Å². The molecule has 0 aliphatic heterocycles. The van der Waals surface area contributed by atoms with Crippen molar-refractivity contribution in [3.05, 3.63) is 12.7 Å². The third kappa shape index (κ3) is 7.48. The van der Waals surface area contributed by atoms with E-state index >= 15 is 0 Å². The Bertz CT molecular complexity index is 132. The molecule has 0 aliphatic rings. The monoisotopic (exact) mass is 169 g/mol. The first-order valence-electron chi connectivity index (χ1n) is 4.64. The molecule has 0 spiro atoms. The zero-order chi connectivity index (χ0) is 9.23. The molecule has 0 atom stereocenters. The quantitative estimate of drug-likeness (QED) is 0.446. The summed E-state index contributed by atoms with van der Waals surface area (Å²) in [5.74, 6) is 0.302. The molecular formula is C10H19NO. The van der Waals surface area contributed by atoms with Crippen LogP contribution in [-0.4, -0.2) is 12.3 Å². The van der Waals surface area contributed by atoms with Gasteiger partial charge in [-0.05, 0) is 25.8 Å². The Balaban J connectivity index is 3.08. The zero-order valence-corrected chi connectivity index (χ0v) is 7.72. The summed E-state index contributed by atoms with van der Waals surface area (Å²) in [6.07, 6.45) is 7.51. The van der Waals surface area contributed by atoms with Gasteiger partial charge in [0.05, 0.1) is 0 Å². The molecule has 0 fully saturated rings. The van der Waals surface area contributed by atoms with Crippen LogP contribution >= 0.6 is 0 Å². The topological polar surface area (TPSA) is 43.1 Å². The first kappa shape index (κ1) is 11.4. The van der Waals surface area contributed by atoms with Crippen LogP contribution in [0.15, 0.2) is 12.7 Å². The standard InChI is InChI=1S/C10H19NO/c1-2-3-4-5-6-7-10(12)8-9-11/h2H,1,3-9,11H2. The number of ketones is 1. The fourth-order valence-electron chi connectivity index (χ4n) is 1.07. The van der Waals surface area contributed by atoms with Gasteiger partial charge in [0.15, 0.2) is 0 Å².